The molecular formula is C13H13F3N2. The van der Waals surface area contributed by atoms with Crippen molar-refractivity contribution in [1.82, 2.24) is 9.88 Å². The molecule has 0 spiro atoms. The topological polar surface area (TPSA) is 17.0 Å². The number of hydrogen-bond donors (Lipinski definition) is 1. The lowest BCUT2D eigenvalue weighted by molar-refractivity contribution is -0.150. The van der Waals surface area contributed by atoms with Gasteiger partial charge in [-0.25, -0.2) is 0 Å². The van der Waals surface area contributed by atoms with Gasteiger partial charge in [0.15, 0.2) is 0 Å². The molecule has 0 fully saturated rings. The van der Waals surface area contributed by atoms with E-state index >= 15 is 0 Å². The predicted octanol–water partition coefficient (Wildman–Crippen LogP) is 2.93. The van der Waals surface area contributed by atoms with Crippen LogP contribution in [0.4, 0.5) is 13.2 Å². The Bertz CT molecular complexity index is 598. The third kappa shape index (κ3) is 1.54. The van der Waals surface area contributed by atoms with Crippen LogP contribution >= 0.6 is 0 Å². The average molecular weight is 254 g/mol. The second-order valence-electron chi connectivity index (χ2n) is 4.66. The van der Waals surface area contributed by atoms with Crippen molar-refractivity contribution >= 4 is 10.9 Å². The van der Waals surface area contributed by atoms with Crippen molar-refractivity contribution in [2.24, 2.45) is 7.05 Å². The van der Waals surface area contributed by atoms with Crippen molar-refractivity contribution in [3.8, 4) is 0 Å². The standard InChI is InChI=1S/C13H13F3N2/c1-18-10-5-3-2-4-8(10)12-9(13(14,15)16)6-17-7-11(12)18/h2-5,9,17H,6-7H2,1H3. The van der Waals surface area contributed by atoms with Gasteiger partial charge in [-0.1, -0.05) is 18.2 Å². The highest BCUT2D eigenvalue weighted by Crippen LogP contribution is 2.42. The summed E-state index contributed by atoms with van der Waals surface area (Å²) in [5, 5.41) is 3.58. The van der Waals surface area contributed by atoms with Gasteiger partial charge in [0.1, 0.15) is 0 Å². The summed E-state index contributed by atoms with van der Waals surface area (Å²) in [6.45, 7) is 0.456. The van der Waals surface area contributed by atoms with Crippen LogP contribution in [-0.4, -0.2) is 17.3 Å². The molecule has 1 atom stereocenters. The minimum atomic E-state index is -4.20. The third-order valence-corrected chi connectivity index (χ3v) is 3.66. The van der Waals surface area contributed by atoms with Crippen molar-refractivity contribution in [3.63, 3.8) is 0 Å². The van der Waals surface area contributed by atoms with Crippen molar-refractivity contribution < 1.29 is 13.2 Å². The van der Waals surface area contributed by atoms with E-state index in [1.807, 2.05) is 23.7 Å². The van der Waals surface area contributed by atoms with Gasteiger partial charge >= 0.3 is 6.18 Å². The number of aromatic nitrogens is 1. The number of fused-ring (bicyclic) bond motifs is 3. The van der Waals surface area contributed by atoms with Crippen LogP contribution in [0.3, 0.4) is 0 Å². The van der Waals surface area contributed by atoms with Gasteiger partial charge in [-0.15, -0.1) is 0 Å². The lowest BCUT2D eigenvalue weighted by Gasteiger charge is -2.26. The number of benzene rings is 1. The number of alkyl halides is 3. The molecule has 3 rings (SSSR count). The maximum atomic E-state index is 13.1. The molecule has 1 aromatic carbocycles. The molecule has 0 saturated carbocycles. The van der Waals surface area contributed by atoms with Gasteiger partial charge in [-0.2, -0.15) is 13.2 Å². The molecule has 0 amide bonds. The number of nitrogens with zero attached hydrogens (tertiary/aromatic N) is 1. The van der Waals surface area contributed by atoms with Gasteiger partial charge in [0.05, 0.1) is 5.92 Å². The van der Waals surface area contributed by atoms with Gasteiger partial charge in [-0.3, -0.25) is 0 Å². The van der Waals surface area contributed by atoms with Crippen LogP contribution < -0.4 is 5.32 Å². The molecule has 0 bridgehead atoms. The summed E-state index contributed by atoms with van der Waals surface area (Å²) < 4.78 is 41.2. The van der Waals surface area contributed by atoms with Gasteiger partial charge in [0, 0.05) is 36.7 Å². The zero-order chi connectivity index (χ0) is 12.9. The van der Waals surface area contributed by atoms with E-state index in [-0.39, 0.29) is 6.54 Å². The molecule has 1 aliphatic rings. The van der Waals surface area contributed by atoms with Crippen molar-refractivity contribution in [3.05, 3.63) is 35.5 Å². The summed E-state index contributed by atoms with van der Waals surface area (Å²) in [6.07, 6.45) is -4.20. The third-order valence-electron chi connectivity index (χ3n) is 3.66. The normalized spacial score (nSPS) is 20.1. The Labute approximate surface area is 102 Å². The first kappa shape index (κ1) is 11.6. The number of nitrogens with one attached hydrogen (secondary N) is 1. The van der Waals surface area contributed by atoms with Crippen LogP contribution in [0, 0.1) is 0 Å². The highest BCUT2D eigenvalue weighted by Gasteiger charge is 2.44. The maximum Gasteiger partial charge on any atom is 0.397 e. The summed E-state index contributed by atoms with van der Waals surface area (Å²) in [5.74, 6) is -1.41. The molecule has 1 aliphatic heterocycles. The molecule has 2 nitrogen and oxygen atoms in total. The largest absolute Gasteiger partial charge is 0.397 e. The summed E-state index contributed by atoms with van der Waals surface area (Å²) in [4.78, 5) is 0. The Morgan fingerprint density at radius 3 is 2.72 bits per heavy atom. The number of aryl methyl sites for hydroxylation is 1. The Morgan fingerprint density at radius 2 is 2.00 bits per heavy atom. The number of para-hydroxylation sites is 1. The van der Waals surface area contributed by atoms with Gasteiger partial charge in [0.2, 0.25) is 0 Å². The number of rotatable bonds is 0. The van der Waals surface area contributed by atoms with E-state index in [0.29, 0.717) is 12.1 Å². The SMILES string of the molecule is Cn1c2c(c3ccccc31)C(C(F)(F)F)CNC2. The highest BCUT2D eigenvalue weighted by atomic mass is 19.4. The molecule has 2 heterocycles. The smallest absolute Gasteiger partial charge is 0.346 e. The van der Waals surface area contributed by atoms with Crippen molar-refractivity contribution in [1.29, 1.82) is 0 Å². The molecule has 0 radical (unpaired) electrons. The predicted molar refractivity (Wildman–Crippen MR) is 63.4 cm³/mol. The van der Waals surface area contributed by atoms with Crippen LogP contribution in [0.15, 0.2) is 24.3 Å². The van der Waals surface area contributed by atoms with Crippen LogP contribution in [0.1, 0.15) is 17.2 Å². The minimum absolute atomic E-state index is 0.0372. The Morgan fingerprint density at radius 1 is 1.28 bits per heavy atom. The van der Waals surface area contributed by atoms with Crippen molar-refractivity contribution in [2.45, 2.75) is 18.6 Å². The lowest BCUT2D eigenvalue weighted by Crippen LogP contribution is -2.36. The maximum absolute atomic E-state index is 13.1. The molecule has 0 saturated heterocycles. The van der Waals surface area contributed by atoms with E-state index in [9.17, 15) is 13.2 Å². The number of hydrogen-bond acceptors (Lipinski definition) is 1. The minimum Gasteiger partial charge on any atom is -0.346 e. The monoisotopic (exact) mass is 254 g/mol. The fraction of sp³-hybridized carbons (Fsp3) is 0.385. The highest BCUT2D eigenvalue weighted by molar-refractivity contribution is 5.86. The first-order chi connectivity index (χ1) is 8.50. The molecule has 96 valence electrons. The first-order valence-electron chi connectivity index (χ1n) is 5.83. The van der Waals surface area contributed by atoms with E-state index in [2.05, 4.69) is 5.32 Å². The van der Waals surface area contributed by atoms with Crippen LogP contribution in [0.2, 0.25) is 0 Å². The van der Waals surface area contributed by atoms with E-state index < -0.39 is 12.1 Å². The van der Waals surface area contributed by atoms with Gasteiger partial charge in [0.25, 0.3) is 0 Å². The van der Waals surface area contributed by atoms with E-state index in [4.69, 9.17) is 0 Å². The fourth-order valence-electron chi connectivity index (χ4n) is 2.79. The molecule has 0 aliphatic carbocycles. The molecule has 18 heavy (non-hydrogen) atoms. The second kappa shape index (κ2) is 3.75. The zero-order valence-corrected chi connectivity index (χ0v) is 9.88. The number of halogens is 3. The summed E-state index contributed by atoms with van der Waals surface area (Å²) in [6, 6.07) is 7.28. The van der Waals surface area contributed by atoms with Crippen LogP contribution in [0.25, 0.3) is 10.9 Å². The molecule has 1 N–H and O–H groups in total. The molecule has 2 aromatic rings. The van der Waals surface area contributed by atoms with E-state index in [1.165, 1.54) is 0 Å². The molecule has 1 unspecified atom stereocenters. The van der Waals surface area contributed by atoms with Gasteiger partial charge < -0.3 is 9.88 Å². The molecule has 5 heteroatoms. The Balaban J connectivity index is 2.31. The zero-order valence-electron chi connectivity index (χ0n) is 9.88. The lowest BCUT2D eigenvalue weighted by atomic mass is 9.92. The van der Waals surface area contributed by atoms with Gasteiger partial charge in [-0.05, 0) is 11.6 Å². The summed E-state index contributed by atoms with van der Waals surface area (Å²) >= 11 is 0. The average Bonchev–Trinajstić information content (AvgIpc) is 2.63. The first-order valence-corrected chi connectivity index (χ1v) is 5.83. The quantitative estimate of drug-likeness (QED) is 0.765. The van der Waals surface area contributed by atoms with E-state index in [1.54, 1.807) is 12.1 Å². The Hall–Kier alpha value is -1.49. The molecular weight excluding hydrogens is 241 g/mol. The van der Waals surface area contributed by atoms with Crippen molar-refractivity contribution in [2.75, 3.05) is 6.54 Å². The molecule has 1 aromatic heterocycles. The summed E-state index contributed by atoms with van der Waals surface area (Å²) in [7, 11) is 1.82. The second-order valence-corrected chi connectivity index (χ2v) is 4.66. The summed E-state index contributed by atoms with van der Waals surface area (Å²) in [5.41, 5.74) is 2.05. The fourth-order valence-corrected chi connectivity index (χ4v) is 2.79. The Kier molecular flexibility index (Phi) is 2.41. The van der Waals surface area contributed by atoms with Crippen LogP contribution in [0.5, 0.6) is 0 Å². The van der Waals surface area contributed by atoms with E-state index in [0.717, 1.165) is 16.6 Å². The van der Waals surface area contributed by atoms with Crippen LogP contribution in [-0.2, 0) is 13.6 Å².